The number of nitrogens with one attached hydrogen (secondary N) is 2. The van der Waals surface area contributed by atoms with Gasteiger partial charge in [-0.1, -0.05) is 0 Å². The number of nitrogens with zero attached hydrogens (tertiary/aromatic N) is 1. The fraction of sp³-hybridized carbons (Fsp3) is 0.429. The number of thiazole rings is 1. The van der Waals surface area contributed by atoms with Gasteiger partial charge in [-0.25, -0.2) is 4.98 Å². The first-order chi connectivity index (χ1) is 5.74. The highest BCUT2D eigenvalue weighted by Crippen LogP contribution is 2.10. The van der Waals surface area contributed by atoms with Gasteiger partial charge in [0.2, 0.25) is 0 Å². The standard InChI is InChI=1S/C7H11N3S2/c1-5-6(12-4-10-5)3-9-7(11)8-2/h4H,3H2,1-2H3,(H2,8,9,11). The van der Waals surface area contributed by atoms with E-state index in [1.807, 2.05) is 12.4 Å². The van der Waals surface area contributed by atoms with Crippen LogP contribution in [0.5, 0.6) is 0 Å². The lowest BCUT2D eigenvalue weighted by atomic mass is 10.4. The molecule has 0 atom stereocenters. The molecule has 0 unspecified atom stereocenters. The first kappa shape index (κ1) is 9.41. The van der Waals surface area contributed by atoms with E-state index in [1.165, 1.54) is 4.88 Å². The van der Waals surface area contributed by atoms with Gasteiger partial charge in [0.1, 0.15) is 0 Å². The lowest BCUT2D eigenvalue weighted by Crippen LogP contribution is -2.31. The molecule has 0 amide bonds. The normalized spacial score (nSPS) is 9.50. The van der Waals surface area contributed by atoms with Crippen LogP contribution in [-0.4, -0.2) is 17.1 Å². The van der Waals surface area contributed by atoms with Crippen molar-refractivity contribution in [2.75, 3.05) is 7.05 Å². The van der Waals surface area contributed by atoms with Crippen molar-refractivity contribution in [2.45, 2.75) is 13.5 Å². The minimum Gasteiger partial charge on any atom is -0.366 e. The lowest BCUT2D eigenvalue weighted by Gasteiger charge is -2.04. The van der Waals surface area contributed by atoms with Crippen molar-refractivity contribution in [3.05, 3.63) is 16.1 Å². The average Bonchev–Trinajstić information content (AvgIpc) is 2.47. The summed E-state index contributed by atoms with van der Waals surface area (Å²) >= 11 is 6.57. The number of aryl methyl sites for hydroxylation is 1. The largest absolute Gasteiger partial charge is 0.366 e. The maximum absolute atomic E-state index is 4.93. The average molecular weight is 201 g/mol. The van der Waals surface area contributed by atoms with Crippen molar-refractivity contribution >= 4 is 28.7 Å². The minimum absolute atomic E-state index is 0.669. The summed E-state index contributed by atoms with van der Waals surface area (Å²) in [5, 5.41) is 6.59. The maximum Gasteiger partial charge on any atom is 0.166 e. The Morgan fingerprint density at radius 3 is 3.00 bits per heavy atom. The van der Waals surface area contributed by atoms with Crippen LogP contribution in [0.2, 0.25) is 0 Å². The molecule has 0 aliphatic rings. The Hall–Kier alpha value is -0.680. The van der Waals surface area contributed by atoms with Gasteiger partial charge in [-0.3, -0.25) is 0 Å². The summed E-state index contributed by atoms with van der Waals surface area (Å²) in [6.45, 7) is 2.76. The minimum atomic E-state index is 0.669. The van der Waals surface area contributed by atoms with Crippen LogP contribution >= 0.6 is 23.6 Å². The van der Waals surface area contributed by atoms with Gasteiger partial charge in [0.05, 0.1) is 17.7 Å². The van der Waals surface area contributed by atoms with E-state index in [-0.39, 0.29) is 0 Å². The fourth-order valence-corrected chi connectivity index (χ4v) is 1.53. The van der Waals surface area contributed by atoms with Gasteiger partial charge in [-0.15, -0.1) is 11.3 Å². The van der Waals surface area contributed by atoms with Gasteiger partial charge in [0.25, 0.3) is 0 Å². The highest BCUT2D eigenvalue weighted by Gasteiger charge is 2.00. The smallest absolute Gasteiger partial charge is 0.166 e. The predicted molar refractivity (Wildman–Crippen MR) is 55.3 cm³/mol. The molecule has 1 rings (SSSR count). The predicted octanol–water partition coefficient (Wildman–Crippen LogP) is 1.05. The van der Waals surface area contributed by atoms with Crippen molar-refractivity contribution in [1.82, 2.24) is 15.6 Å². The zero-order valence-electron chi connectivity index (χ0n) is 7.05. The molecule has 0 bridgehead atoms. The summed E-state index contributed by atoms with van der Waals surface area (Å²) in [4.78, 5) is 5.36. The van der Waals surface area contributed by atoms with E-state index in [1.54, 1.807) is 18.4 Å². The van der Waals surface area contributed by atoms with Crippen molar-refractivity contribution in [3.63, 3.8) is 0 Å². The van der Waals surface area contributed by atoms with Crippen LogP contribution in [0.1, 0.15) is 10.6 Å². The first-order valence-corrected chi connectivity index (χ1v) is 4.87. The summed E-state index contributed by atoms with van der Waals surface area (Å²) in [5.41, 5.74) is 2.92. The van der Waals surface area contributed by atoms with E-state index in [0.29, 0.717) is 5.11 Å². The Morgan fingerprint density at radius 1 is 1.75 bits per heavy atom. The third-order valence-electron chi connectivity index (χ3n) is 1.48. The molecule has 0 radical (unpaired) electrons. The van der Waals surface area contributed by atoms with Gasteiger partial charge >= 0.3 is 0 Å². The molecule has 0 saturated heterocycles. The second kappa shape index (κ2) is 4.37. The van der Waals surface area contributed by atoms with Crippen LogP contribution in [0.3, 0.4) is 0 Å². The van der Waals surface area contributed by atoms with E-state index >= 15 is 0 Å². The second-order valence-corrected chi connectivity index (χ2v) is 3.64. The molecule has 3 nitrogen and oxygen atoms in total. The van der Waals surface area contributed by atoms with Crippen LogP contribution in [0.15, 0.2) is 5.51 Å². The molecule has 2 N–H and O–H groups in total. The lowest BCUT2D eigenvalue weighted by molar-refractivity contribution is 0.894. The van der Waals surface area contributed by atoms with Crippen LogP contribution in [0.25, 0.3) is 0 Å². The zero-order valence-corrected chi connectivity index (χ0v) is 8.68. The van der Waals surface area contributed by atoms with Crippen molar-refractivity contribution in [3.8, 4) is 0 Å². The van der Waals surface area contributed by atoms with E-state index in [0.717, 1.165) is 12.2 Å². The third kappa shape index (κ3) is 2.42. The van der Waals surface area contributed by atoms with E-state index in [4.69, 9.17) is 12.2 Å². The molecule has 1 heterocycles. The van der Waals surface area contributed by atoms with Crippen molar-refractivity contribution in [1.29, 1.82) is 0 Å². The Kier molecular flexibility index (Phi) is 3.43. The Balaban J connectivity index is 2.43. The third-order valence-corrected chi connectivity index (χ3v) is 2.76. The molecule has 0 spiro atoms. The number of rotatable bonds is 2. The summed E-state index contributed by atoms with van der Waals surface area (Å²) in [6.07, 6.45) is 0. The monoisotopic (exact) mass is 201 g/mol. The number of hydrogen-bond donors (Lipinski definition) is 2. The summed E-state index contributed by atoms with van der Waals surface area (Å²) in [6, 6.07) is 0. The molecule has 5 heteroatoms. The van der Waals surface area contributed by atoms with Gasteiger partial charge < -0.3 is 10.6 Å². The van der Waals surface area contributed by atoms with E-state index < -0.39 is 0 Å². The quantitative estimate of drug-likeness (QED) is 0.701. The van der Waals surface area contributed by atoms with Crippen LogP contribution in [0, 0.1) is 6.92 Å². The van der Waals surface area contributed by atoms with Gasteiger partial charge in [0.15, 0.2) is 5.11 Å². The molecule has 0 aliphatic carbocycles. The summed E-state index contributed by atoms with van der Waals surface area (Å²) < 4.78 is 0. The van der Waals surface area contributed by atoms with Crippen LogP contribution in [-0.2, 0) is 6.54 Å². The van der Waals surface area contributed by atoms with Crippen LogP contribution < -0.4 is 10.6 Å². The number of hydrogen-bond acceptors (Lipinski definition) is 3. The molecule has 12 heavy (non-hydrogen) atoms. The van der Waals surface area contributed by atoms with E-state index in [2.05, 4.69) is 15.6 Å². The number of aromatic nitrogens is 1. The van der Waals surface area contributed by atoms with E-state index in [9.17, 15) is 0 Å². The molecule has 1 aromatic rings. The maximum atomic E-state index is 4.93. The molecule has 0 saturated carbocycles. The topological polar surface area (TPSA) is 37.0 Å². The summed E-state index contributed by atoms with van der Waals surface area (Å²) in [5.74, 6) is 0. The molecule has 0 aliphatic heterocycles. The Labute approximate surface area is 81.2 Å². The zero-order chi connectivity index (χ0) is 8.97. The molecular formula is C7H11N3S2. The summed E-state index contributed by atoms with van der Waals surface area (Å²) in [7, 11) is 1.80. The van der Waals surface area contributed by atoms with Gasteiger partial charge in [-0.05, 0) is 19.1 Å². The Morgan fingerprint density at radius 2 is 2.50 bits per heavy atom. The van der Waals surface area contributed by atoms with Crippen molar-refractivity contribution in [2.24, 2.45) is 0 Å². The SMILES string of the molecule is CNC(=S)NCc1scnc1C. The Bertz CT molecular complexity index is 269. The van der Waals surface area contributed by atoms with Gasteiger partial charge in [0, 0.05) is 11.9 Å². The highest BCUT2D eigenvalue weighted by atomic mass is 32.1. The van der Waals surface area contributed by atoms with Crippen molar-refractivity contribution < 1.29 is 0 Å². The fourth-order valence-electron chi connectivity index (χ4n) is 0.745. The molecule has 66 valence electrons. The molecule has 0 fully saturated rings. The van der Waals surface area contributed by atoms with Crippen LogP contribution in [0.4, 0.5) is 0 Å². The first-order valence-electron chi connectivity index (χ1n) is 3.58. The highest BCUT2D eigenvalue weighted by molar-refractivity contribution is 7.80. The van der Waals surface area contributed by atoms with Gasteiger partial charge in [-0.2, -0.15) is 0 Å². The second-order valence-electron chi connectivity index (χ2n) is 2.29. The molecule has 1 aromatic heterocycles. The number of thiocarbonyl (C=S) groups is 1. The molecule has 0 aromatic carbocycles. The molecular weight excluding hydrogens is 190 g/mol.